The minimum absolute atomic E-state index is 0.210. The summed E-state index contributed by atoms with van der Waals surface area (Å²) in [6, 6.07) is 0. The van der Waals surface area contributed by atoms with Crippen LogP contribution >= 0.6 is 22.7 Å². The van der Waals surface area contributed by atoms with E-state index in [1.165, 1.54) is 11.3 Å². The molecule has 1 saturated carbocycles. The van der Waals surface area contributed by atoms with E-state index >= 15 is 0 Å². The first-order chi connectivity index (χ1) is 10.8. The molecular formula is C15H17F2N3OS2. The summed E-state index contributed by atoms with van der Waals surface area (Å²) in [5.74, 6) is -3.18. The molecule has 2 aromatic heterocycles. The van der Waals surface area contributed by atoms with E-state index in [9.17, 15) is 13.6 Å². The number of amides is 1. The van der Waals surface area contributed by atoms with Crippen LogP contribution < -0.4 is 5.32 Å². The summed E-state index contributed by atoms with van der Waals surface area (Å²) in [5, 5.41) is 6.12. The molecule has 124 valence electrons. The molecule has 1 amide bonds. The fourth-order valence-electron chi connectivity index (χ4n) is 2.71. The topological polar surface area (TPSA) is 54.9 Å². The van der Waals surface area contributed by atoms with Crippen LogP contribution in [0, 0.1) is 19.8 Å². The molecular weight excluding hydrogens is 340 g/mol. The molecule has 1 fully saturated rings. The number of rotatable bonds is 3. The predicted molar refractivity (Wildman–Crippen MR) is 88.2 cm³/mol. The second-order valence-electron chi connectivity index (χ2n) is 5.80. The van der Waals surface area contributed by atoms with Gasteiger partial charge in [-0.2, -0.15) is 0 Å². The number of alkyl halides is 2. The van der Waals surface area contributed by atoms with E-state index in [1.54, 1.807) is 11.3 Å². The maximum atomic E-state index is 13.2. The van der Waals surface area contributed by atoms with Crippen molar-refractivity contribution < 1.29 is 13.6 Å². The summed E-state index contributed by atoms with van der Waals surface area (Å²) >= 11 is 2.91. The number of hydrogen-bond donors (Lipinski definition) is 1. The first-order valence-electron chi connectivity index (χ1n) is 7.43. The third kappa shape index (κ3) is 3.74. The SMILES string of the molecule is Cc1nc(C)c(-c2csc(NC(=O)C3CCC(F)(F)CC3)n2)s1. The van der Waals surface area contributed by atoms with Gasteiger partial charge in [0.05, 0.1) is 21.3 Å². The van der Waals surface area contributed by atoms with Crippen LogP contribution in [-0.2, 0) is 4.79 Å². The quantitative estimate of drug-likeness (QED) is 0.870. The van der Waals surface area contributed by atoms with Crippen LogP contribution in [0.5, 0.6) is 0 Å². The fraction of sp³-hybridized carbons (Fsp3) is 0.533. The smallest absolute Gasteiger partial charge is 0.248 e. The van der Waals surface area contributed by atoms with Crippen LogP contribution in [0.25, 0.3) is 10.6 Å². The first-order valence-corrected chi connectivity index (χ1v) is 9.12. The minimum atomic E-state index is -2.62. The first kappa shape index (κ1) is 16.4. The Morgan fingerprint density at radius 1 is 1.30 bits per heavy atom. The molecule has 0 spiro atoms. The lowest BCUT2D eigenvalue weighted by atomic mass is 9.86. The molecule has 4 nitrogen and oxygen atoms in total. The van der Waals surface area contributed by atoms with E-state index in [0.717, 1.165) is 21.3 Å². The maximum Gasteiger partial charge on any atom is 0.248 e. The fourth-order valence-corrected chi connectivity index (χ4v) is 4.37. The molecule has 2 aromatic rings. The van der Waals surface area contributed by atoms with Crippen LogP contribution in [0.15, 0.2) is 5.38 Å². The van der Waals surface area contributed by atoms with Crippen LogP contribution in [-0.4, -0.2) is 21.8 Å². The Labute approximate surface area is 141 Å². The number of nitrogens with zero attached hydrogens (tertiary/aromatic N) is 2. The van der Waals surface area contributed by atoms with Crippen molar-refractivity contribution in [2.24, 2.45) is 5.92 Å². The van der Waals surface area contributed by atoms with Crippen molar-refractivity contribution in [1.82, 2.24) is 9.97 Å². The van der Waals surface area contributed by atoms with Gasteiger partial charge >= 0.3 is 0 Å². The molecule has 0 aliphatic heterocycles. The predicted octanol–water partition coefficient (Wildman–Crippen LogP) is 4.65. The molecule has 1 aliphatic rings. The molecule has 1 aliphatic carbocycles. The molecule has 0 unspecified atom stereocenters. The van der Waals surface area contributed by atoms with Gasteiger partial charge in [0.15, 0.2) is 5.13 Å². The van der Waals surface area contributed by atoms with Crippen LogP contribution in [0.4, 0.5) is 13.9 Å². The Morgan fingerprint density at radius 3 is 2.61 bits per heavy atom. The number of carbonyl (C=O) groups is 1. The van der Waals surface area contributed by atoms with Crippen molar-refractivity contribution in [2.45, 2.75) is 45.5 Å². The number of nitrogens with one attached hydrogen (secondary N) is 1. The minimum Gasteiger partial charge on any atom is -0.302 e. The number of aryl methyl sites for hydroxylation is 2. The Morgan fingerprint density at radius 2 is 2.00 bits per heavy atom. The van der Waals surface area contributed by atoms with E-state index in [-0.39, 0.29) is 37.5 Å². The van der Waals surface area contributed by atoms with Crippen LogP contribution in [0.1, 0.15) is 36.4 Å². The normalized spacial score (nSPS) is 18.1. The number of hydrogen-bond acceptors (Lipinski definition) is 5. The van der Waals surface area contributed by atoms with Crippen LogP contribution in [0.3, 0.4) is 0 Å². The molecule has 0 aromatic carbocycles. The van der Waals surface area contributed by atoms with Gasteiger partial charge in [-0.3, -0.25) is 4.79 Å². The number of halogens is 2. The summed E-state index contributed by atoms with van der Waals surface area (Å²) in [7, 11) is 0. The molecule has 0 radical (unpaired) electrons. The summed E-state index contributed by atoms with van der Waals surface area (Å²) in [5.41, 5.74) is 1.72. The third-order valence-corrected chi connectivity index (χ3v) is 5.81. The molecule has 1 N–H and O–H groups in total. The number of anilines is 1. The lowest BCUT2D eigenvalue weighted by Gasteiger charge is -2.27. The molecule has 3 rings (SSSR count). The van der Waals surface area contributed by atoms with Crippen LogP contribution in [0.2, 0.25) is 0 Å². The van der Waals surface area contributed by atoms with E-state index in [4.69, 9.17) is 0 Å². The standard InChI is InChI=1S/C15H17F2N3OS2/c1-8-12(23-9(2)18-8)11-7-22-14(19-11)20-13(21)10-3-5-15(16,17)6-4-10/h7,10H,3-6H2,1-2H3,(H,19,20,21). The highest BCUT2D eigenvalue weighted by Gasteiger charge is 2.37. The molecule has 2 heterocycles. The zero-order valence-electron chi connectivity index (χ0n) is 12.9. The Hall–Kier alpha value is -1.41. The summed E-state index contributed by atoms with van der Waals surface area (Å²) in [4.78, 5) is 22.0. The lowest BCUT2D eigenvalue weighted by Crippen LogP contribution is -2.31. The molecule has 0 saturated heterocycles. The monoisotopic (exact) mass is 357 g/mol. The molecule has 0 atom stereocenters. The number of thiazole rings is 2. The highest BCUT2D eigenvalue weighted by molar-refractivity contribution is 7.16. The summed E-state index contributed by atoms with van der Waals surface area (Å²) in [6.45, 7) is 3.87. The average Bonchev–Trinajstić information content (AvgIpc) is 3.05. The third-order valence-electron chi connectivity index (χ3n) is 3.96. The van der Waals surface area contributed by atoms with Crippen molar-refractivity contribution in [3.63, 3.8) is 0 Å². The van der Waals surface area contributed by atoms with Gasteiger partial charge in [-0.25, -0.2) is 18.7 Å². The van der Waals surface area contributed by atoms with Gasteiger partial charge in [-0.15, -0.1) is 22.7 Å². The zero-order chi connectivity index (χ0) is 16.6. The largest absolute Gasteiger partial charge is 0.302 e. The summed E-state index contributed by atoms with van der Waals surface area (Å²) in [6.07, 6.45) is 0.0233. The van der Waals surface area contributed by atoms with E-state index in [2.05, 4.69) is 15.3 Å². The lowest BCUT2D eigenvalue weighted by molar-refractivity contribution is -0.124. The van der Waals surface area contributed by atoms with Gasteiger partial charge in [-0.1, -0.05) is 0 Å². The highest BCUT2D eigenvalue weighted by Crippen LogP contribution is 2.37. The van der Waals surface area contributed by atoms with E-state index in [1.807, 2.05) is 19.2 Å². The Bertz CT molecular complexity index is 716. The van der Waals surface area contributed by atoms with Gasteiger partial charge in [0, 0.05) is 24.1 Å². The van der Waals surface area contributed by atoms with Crippen molar-refractivity contribution in [2.75, 3.05) is 5.32 Å². The Balaban J connectivity index is 1.65. The highest BCUT2D eigenvalue weighted by atomic mass is 32.1. The second-order valence-corrected chi connectivity index (χ2v) is 7.87. The second kappa shape index (κ2) is 6.24. The number of carbonyl (C=O) groups excluding carboxylic acids is 1. The number of aromatic nitrogens is 2. The van der Waals surface area contributed by atoms with E-state index in [0.29, 0.717) is 5.13 Å². The van der Waals surface area contributed by atoms with Crippen molar-refractivity contribution >= 4 is 33.7 Å². The molecule has 8 heteroatoms. The maximum absolute atomic E-state index is 13.2. The van der Waals surface area contributed by atoms with Gasteiger partial charge in [-0.05, 0) is 26.7 Å². The molecule has 0 bridgehead atoms. The molecule has 23 heavy (non-hydrogen) atoms. The van der Waals surface area contributed by atoms with Gasteiger partial charge in [0.25, 0.3) is 0 Å². The van der Waals surface area contributed by atoms with E-state index < -0.39 is 5.92 Å². The van der Waals surface area contributed by atoms with Gasteiger partial charge in [0.2, 0.25) is 11.8 Å². The summed E-state index contributed by atoms with van der Waals surface area (Å²) < 4.78 is 26.3. The zero-order valence-corrected chi connectivity index (χ0v) is 14.5. The Kier molecular flexibility index (Phi) is 4.46. The van der Waals surface area contributed by atoms with Gasteiger partial charge < -0.3 is 5.32 Å². The van der Waals surface area contributed by atoms with Gasteiger partial charge in [0.1, 0.15) is 0 Å². The van der Waals surface area contributed by atoms with Crippen molar-refractivity contribution in [3.8, 4) is 10.6 Å². The average molecular weight is 357 g/mol. The van der Waals surface area contributed by atoms with Crippen molar-refractivity contribution in [3.05, 3.63) is 16.1 Å². The van der Waals surface area contributed by atoms with Crippen molar-refractivity contribution in [1.29, 1.82) is 0 Å².